The summed E-state index contributed by atoms with van der Waals surface area (Å²) in [5.41, 5.74) is 6.58. The van der Waals surface area contributed by atoms with Gasteiger partial charge in [-0.1, -0.05) is 20.8 Å². The van der Waals surface area contributed by atoms with Crippen molar-refractivity contribution in [2.24, 2.45) is 11.1 Å². The van der Waals surface area contributed by atoms with Crippen molar-refractivity contribution in [1.29, 1.82) is 0 Å². The summed E-state index contributed by atoms with van der Waals surface area (Å²) in [6, 6.07) is 3.10. The molecular weight excluding hydrogens is 299 g/mol. The number of anilines is 2. The number of amides is 1. The number of hydrogen-bond donors (Lipinski definition) is 2. The third-order valence-corrected chi connectivity index (χ3v) is 2.73. The molecule has 0 aliphatic rings. The van der Waals surface area contributed by atoms with Crippen molar-refractivity contribution < 1.29 is 4.79 Å². The summed E-state index contributed by atoms with van der Waals surface area (Å²) in [7, 11) is 3.87. The average Bonchev–Trinajstić information content (AvgIpc) is 2.27. The zero-order valence-electron chi connectivity index (χ0n) is 12.5. The number of nitrogens with zero attached hydrogens (tertiary/aromatic N) is 2. The van der Waals surface area contributed by atoms with Crippen molar-refractivity contribution in [1.82, 2.24) is 4.98 Å². The Bertz CT molecular complexity index is 415. The molecule has 0 aromatic carbocycles. The molecule has 7 heteroatoms. The van der Waals surface area contributed by atoms with Crippen molar-refractivity contribution in [3.8, 4) is 0 Å². The smallest absolute Gasteiger partial charge is 0.242 e. The first kappa shape index (κ1) is 21.3. The monoisotopic (exact) mass is 322 g/mol. The largest absolute Gasteiger partial charge is 0.376 e. The first-order valence-electron chi connectivity index (χ1n) is 5.91. The minimum Gasteiger partial charge on any atom is -0.376 e. The molecule has 1 aromatic rings. The molecule has 20 heavy (non-hydrogen) atoms. The first-order valence-corrected chi connectivity index (χ1v) is 5.91. The molecular formula is C13H24Cl2N4O. The molecule has 0 saturated carbocycles. The van der Waals surface area contributed by atoms with E-state index >= 15 is 0 Å². The van der Waals surface area contributed by atoms with Crippen molar-refractivity contribution in [3.63, 3.8) is 0 Å². The maximum absolute atomic E-state index is 11.9. The molecule has 0 saturated heterocycles. The van der Waals surface area contributed by atoms with E-state index in [1.807, 2.05) is 45.8 Å². The Hall–Kier alpha value is -1.04. The minimum absolute atomic E-state index is 0. The molecule has 3 N–H and O–H groups in total. The van der Waals surface area contributed by atoms with Crippen molar-refractivity contribution in [2.75, 3.05) is 24.3 Å². The SMILES string of the molecule is CN(C)c1ccc(NC(=O)[C@@H](N)C(C)(C)C)nc1.Cl.Cl. The molecule has 1 atom stereocenters. The lowest BCUT2D eigenvalue weighted by atomic mass is 9.87. The first-order chi connectivity index (χ1) is 8.21. The van der Waals surface area contributed by atoms with Crippen LogP contribution in [-0.4, -0.2) is 31.0 Å². The highest BCUT2D eigenvalue weighted by Gasteiger charge is 2.27. The van der Waals surface area contributed by atoms with Gasteiger partial charge in [-0.05, 0) is 17.5 Å². The second-order valence-corrected chi connectivity index (χ2v) is 5.63. The van der Waals surface area contributed by atoms with Crippen molar-refractivity contribution >= 4 is 42.2 Å². The topological polar surface area (TPSA) is 71.2 Å². The number of carbonyl (C=O) groups excluding carboxylic acids is 1. The van der Waals surface area contributed by atoms with Gasteiger partial charge < -0.3 is 16.0 Å². The fourth-order valence-electron chi connectivity index (χ4n) is 1.32. The number of aromatic nitrogens is 1. The van der Waals surface area contributed by atoms with E-state index in [2.05, 4.69) is 10.3 Å². The number of hydrogen-bond acceptors (Lipinski definition) is 4. The normalized spacial score (nSPS) is 11.7. The summed E-state index contributed by atoms with van der Waals surface area (Å²) >= 11 is 0. The quantitative estimate of drug-likeness (QED) is 0.895. The number of nitrogens with two attached hydrogens (primary N) is 1. The second kappa shape index (κ2) is 8.29. The molecule has 0 aliphatic heterocycles. The van der Waals surface area contributed by atoms with E-state index in [0.717, 1.165) is 5.69 Å². The lowest BCUT2D eigenvalue weighted by Crippen LogP contribution is -2.45. The predicted octanol–water partition coefficient (Wildman–Crippen LogP) is 2.30. The predicted molar refractivity (Wildman–Crippen MR) is 89.1 cm³/mol. The van der Waals surface area contributed by atoms with Gasteiger partial charge in [0, 0.05) is 14.1 Å². The number of nitrogens with one attached hydrogen (secondary N) is 1. The molecule has 0 bridgehead atoms. The fraction of sp³-hybridized carbons (Fsp3) is 0.538. The Kier molecular flexibility index (Phi) is 8.82. The van der Waals surface area contributed by atoms with Crippen LogP contribution in [0.15, 0.2) is 18.3 Å². The third kappa shape index (κ3) is 5.94. The van der Waals surface area contributed by atoms with Gasteiger partial charge >= 0.3 is 0 Å². The summed E-state index contributed by atoms with van der Waals surface area (Å²) < 4.78 is 0. The van der Waals surface area contributed by atoms with Crippen LogP contribution in [0.3, 0.4) is 0 Å². The Morgan fingerprint density at radius 1 is 1.30 bits per heavy atom. The molecule has 0 spiro atoms. The van der Waals surface area contributed by atoms with Crippen LogP contribution in [-0.2, 0) is 4.79 Å². The van der Waals surface area contributed by atoms with Crippen LogP contribution >= 0.6 is 24.8 Å². The van der Waals surface area contributed by atoms with Crippen LogP contribution in [0.2, 0.25) is 0 Å². The van der Waals surface area contributed by atoms with Gasteiger partial charge in [0.1, 0.15) is 5.82 Å². The zero-order valence-corrected chi connectivity index (χ0v) is 14.1. The van der Waals surface area contributed by atoms with Gasteiger partial charge in [-0.2, -0.15) is 0 Å². The summed E-state index contributed by atoms with van der Waals surface area (Å²) in [6.07, 6.45) is 1.71. The maximum atomic E-state index is 11.9. The number of halogens is 2. The number of pyridine rings is 1. The fourth-order valence-corrected chi connectivity index (χ4v) is 1.32. The molecule has 0 fully saturated rings. The molecule has 1 amide bonds. The van der Waals surface area contributed by atoms with Gasteiger partial charge in [0.05, 0.1) is 17.9 Å². The molecule has 116 valence electrons. The van der Waals surface area contributed by atoms with Crippen LogP contribution in [0, 0.1) is 5.41 Å². The van der Waals surface area contributed by atoms with E-state index in [4.69, 9.17) is 5.73 Å². The Morgan fingerprint density at radius 3 is 2.20 bits per heavy atom. The van der Waals surface area contributed by atoms with E-state index in [1.54, 1.807) is 12.3 Å². The highest BCUT2D eigenvalue weighted by Crippen LogP contribution is 2.19. The van der Waals surface area contributed by atoms with Crippen molar-refractivity contribution in [2.45, 2.75) is 26.8 Å². The van der Waals surface area contributed by atoms with Gasteiger partial charge in [0.15, 0.2) is 0 Å². The Morgan fingerprint density at radius 2 is 1.85 bits per heavy atom. The van der Waals surface area contributed by atoms with Gasteiger partial charge in [0.25, 0.3) is 0 Å². The van der Waals surface area contributed by atoms with Crippen molar-refractivity contribution in [3.05, 3.63) is 18.3 Å². The molecule has 1 rings (SSSR count). The van der Waals surface area contributed by atoms with Gasteiger partial charge in [-0.3, -0.25) is 4.79 Å². The van der Waals surface area contributed by atoms with E-state index < -0.39 is 6.04 Å². The molecule has 1 aromatic heterocycles. The van der Waals surface area contributed by atoms with Crippen LogP contribution in [0.5, 0.6) is 0 Å². The minimum atomic E-state index is -0.562. The molecule has 1 heterocycles. The molecule has 0 radical (unpaired) electrons. The van der Waals surface area contributed by atoms with Gasteiger partial charge in [-0.15, -0.1) is 24.8 Å². The standard InChI is InChI=1S/C13H22N4O.2ClH/c1-13(2,3)11(14)12(18)16-10-7-6-9(8-15-10)17(4)5;;/h6-8,11H,14H2,1-5H3,(H,15,16,18);2*1H/t11-;;/m1../s1. The lowest BCUT2D eigenvalue weighted by molar-refractivity contribution is -0.119. The van der Waals surface area contributed by atoms with E-state index in [1.165, 1.54) is 0 Å². The Labute approximate surface area is 133 Å². The van der Waals surface area contributed by atoms with Crippen LogP contribution in [0.25, 0.3) is 0 Å². The zero-order chi connectivity index (χ0) is 13.9. The molecule has 0 unspecified atom stereocenters. The van der Waals surface area contributed by atoms with Crippen LogP contribution < -0.4 is 16.0 Å². The van der Waals surface area contributed by atoms with E-state index in [-0.39, 0.29) is 36.1 Å². The van der Waals surface area contributed by atoms with Gasteiger partial charge in [0.2, 0.25) is 5.91 Å². The van der Waals surface area contributed by atoms with Crippen LogP contribution in [0.4, 0.5) is 11.5 Å². The number of carbonyl (C=O) groups is 1. The molecule has 5 nitrogen and oxygen atoms in total. The highest BCUT2D eigenvalue weighted by atomic mass is 35.5. The number of rotatable bonds is 3. The van der Waals surface area contributed by atoms with E-state index in [9.17, 15) is 4.79 Å². The van der Waals surface area contributed by atoms with Crippen LogP contribution in [0.1, 0.15) is 20.8 Å². The lowest BCUT2D eigenvalue weighted by Gasteiger charge is -2.25. The average molecular weight is 323 g/mol. The molecule has 0 aliphatic carbocycles. The van der Waals surface area contributed by atoms with Gasteiger partial charge in [-0.25, -0.2) is 4.98 Å². The highest BCUT2D eigenvalue weighted by molar-refractivity contribution is 5.94. The third-order valence-electron chi connectivity index (χ3n) is 2.73. The summed E-state index contributed by atoms with van der Waals surface area (Å²) in [6.45, 7) is 5.79. The maximum Gasteiger partial charge on any atom is 0.242 e. The summed E-state index contributed by atoms with van der Waals surface area (Å²) in [5, 5.41) is 2.72. The second-order valence-electron chi connectivity index (χ2n) is 5.63. The Balaban J connectivity index is 0. The van der Waals surface area contributed by atoms with E-state index in [0.29, 0.717) is 5.82 Å². The summed E-state index contributed by atoms with van der Waals surface area (Å²) in [4.78, 5) is 18.0. The summed E-state index contributed by atoms with van der Waals surface area (Å²) in [5.74, 6) is 0.304.